The highest BCUT2D eigenvalue weighted by atomic mass is 16.2. The second kappa shape index (κ2) is 4.66. The number of nitrogens with zero attached hydrogens (tertiary/aromatic N) is 5. The van der Waals surface area contributed by atoms with Gasteiger partial charge in [-0.1, -0.05) is 0 Å². The topological polar surface area (TPSA) is 79.7 Å². The molecule has 4 heterocycles. The van der Waals surface area contributed by atoms with Crippen molar-refractivity contribution >= 4 is 5.91 Å². The molecule has 7 heteroatoms. The molecule has 2 bridgehead atoms. The van der Waals surface area contributed by atoms with Crippen LogP contribution in [0.1, 0.15) is 59.4 Å². The Morgan fingerprint density at radius 2 is 2.04 bits per heavy atom. The number of carbonyl (C=O) groups excluding carboxylic acids is 1. The van der Waals surface area contributed by atoms with E-state index in [0.717, 1.165) is 43.1 Å². The molecule has 2 unspecified atom stereocenters. The molecule has 2 aliphatic heterocycles. The van der Waals surface area contributed by atoms with Crippen molar-refractivity contribution in [3.8, 4) is 0 Å². The first-order valence-corrected chi connectivity index (χ1v) is 8.47. The normalized spacial score (nSPS) is 26.2. The highest BCUT2D eigenvalue weighted by Gasteiger charge is 2.42. The first-order chi connectivity index (χ1) is 11.2. The van der Waals surface area contributed by atoms with E-state index in [1.54, 1.807) is 0 Å². The maximum atomic E-state index is 13.0. The van der Waals surface area contributed by atoms with Crippen molar-refractivity contribution in [3.63, 3.8) is 0 Å². The molecular weight excluding hydrogens is 292 g/mol. The minimum Gasteiger partial charge on any atom is -0.329 e. The molecule has 1 saturated heterocycles. The fourth-order valence-corrected chi connectivity index (χ4v) is 4.09. The summed E-state index contributed by atoms with van der Waals surface area (Å²) in [7, 11) is 0. The van der Waals surface area contributed by atoms with Gasteiger partial charge in [-0.3, -0.25) is 9.89 Å². The molecule has 120 valence electrons. The number of amides is 1. The number of hydrogen-bond donors (Lipinski definition) is 1. The van der Waals surface area contributed by atoms with Crippen LogP contribution in [0.4, 0.5) is 0 Å². The molecule has 3 aliphatic rings. The Balaban J connectivity index is 1.45. The molecule has 1 aliphatic carbocycles. The van der Waals surface area contributed by atoms with E-state index in [1.165, 1.54) is 12.8 Å². The summed E-state index contributed by atoms with van der Waals surface area (Å²) >= 11 is 0. The third-order valence-electron chi connectivity index (χ3n) is 5.51. The van der Waals surface area contributed by atoms with Crippen molar-refractivity contribution < 1.29 is 4.79 Å². The van der Waals surface area contributed by atoms with Crippen molar-refractivity contribution in [1.29, 1.82) is 0 Å². The number of fused-ring (bicyclic) bond motifs is 3. The molecular formula is C16H20N6O. The SMILES string of the molecule is Cc1nnc2n1CC1CCC(C2)N1C(=O)c1cc(C2CC2)[nH]n1. The number of nitrogens with one attached hydrogen (secondary N) is 1. The lowest BCUT2D eigenvalue weighted by atomic mass is 10.1. The van der Waals surface area contributed by atoms with Crippen LogP contribution in [0.25, 0.3) is 0 Å². The van der Waals surface area contributed by atoms with Crippen LogP contribution < -0.4 is 0 Å². The molecule has 1 N–H and O–H groups in total. The van der Waals surface area contributed by atoms with Gasteiger partial charge in [-0.15, -0.1) is 10.2 Å². The average Bonchev–Trinajstić information content (AvgIpc) is 3.04. The van der Waals surface area contributed by atoms with Crippen LogP contribution in [0.5, 0.6) is 0 Å². The first-order valence-electron chi connectivity index (χ1n) is 8.47. The number of hydrogen-bond acceptors (Lipinski definition) is 4. The van der Waals surface area contributed by atoms with E-state index in [0.29, 0.717) is 11.6 Å². The largest absolute Gasteiger partial charge is 0.329 e. The van der Waals surface area contributed by atoms with E-state index < -0.39 is 0 Å². The molecule has 1 amide bonds. The van der Waals surface area contributed by atoms with Gasteiger partial charge in [-0.2, -0.15) is 5.10 Å². The lowest BCUT2D eigenvalue weighted by Gasteiger charge is -2.27. The first kappa shape index (κ1) is 13.3. The second-order valence-electron chi connectivity index (χ2n) is 7.06. The van der Waals surface area contributed by atoms with E-state index >= 15 is 0 Å². The smallest absolute Gasteiger partial charge is 0.274 e. The predicted molar refractivity (Wildman–Crippen MR) is 82.0 cm³/mol. The summed E-state index contributed by atoms with van der Waals surface area (Å²) in [5, 5.41) is 15.8. The lowest BCUT2D eigenvalue weighted by Crippen LogP contribution is -2.42. The molecule has 2 aromatic rings. The zero-order valence-corrected chi connectivity index (χ0v) is 13.2. The van der Waals surface area contributed by atoms with Gasteiger partial charge in [-0.25, -0.2) is 0 Å². The number of aryl methyl sites for hydroxylation is 1. The molecule has 2 aromatic heterocycles. The number of carbonyl (C=O) groups is 1. The molecule has 2 atom stereocenters. The van der Waals surface area contributed by atoms with Gasteiger partial charge in [0.2, 0.25) is 0 Å². The van der Waals surface area contributed by atoms with Gasteiger partial charge >= 0.3 is 0 Å². The molecule has 1 saturated carbocycles. The molecule has 5 rings (SSSR count). The molecule has 0 spiro atoms. The van der Waals surface area contributed by atoms with Gasteiger partial charge in [0.1, 0.15) is 17.3 Å². The summed E-state index contributed by atoms with van der Waals surface area (Å²) in [6.07, 6.45) is 5.30. The number of rotatable bonds is 2. The average molecular weight is 312 g/mol. The molecule has 0 radical (unpaired) electrons. The van der Waals surface area contributed by atoms with E-state index in [-0.39, 0.29) is 18.0 Å². The zero-order chi connectivity index (χ0) is 15.6. The number of aromatic amines is 1. The minimum absolute atomic E-state index is 0.0667. The Hall–Kier alpha value is -2.18. The summed E-state index contributed by atoms with van der Waals surface area (Å²) in [6, 6.07) is 2.40. The van der Waals surface area contributed by atoms with Crippen LogP contribution in [-0.2, 0) is 13.0 Å². The molecule has 7 nitrogen and oxygen atoms in total. The fourth-order valence-electron chi connectivity index (χ4n) is 4.09. The third-order valence-corrected chi connectivity index (χ3v) is 5.51. The highest BCUT2D eigenvalue weighted by Crippen LogP contribution is 2.39. The van der Waals surface area contributed by atoms with Crippen LogP contribution in [0.15, 0.2) is 6.07 Å². The van der Waals surface area contributed by atoms with Crippen LogP contribution in [0.2, 0.25) is 0 Å². The van der Waals surface area contributed by atoms with Gasteiger partial charge < -0.3 is 9.47 Å². The maximum absolute atomic E-state index is 13.0. The van der Waals surface area contributed by atoms with Gasteiger partial charge in [0, 0.05) is 30.6 Å². The summed E-state index contributed by atoms with van der Waals surface area (Å²) in [5.74, 6) is 2.60. The van der Waals surface area contributed by atoms with Gasteiger partial charge in [0.15, 0.2) is 0 Å². The van der Waals surface area contributed by atoms with Crippen molar-refractivity contribution in [2.45, 2.75) is 63.6 Å². The Labute approximate surface area is 134 Å². The third kappa shape index (κ3) is 2.02. The molecule has 0 aromatic carbocycles. The Kier molecular flexibility index (Phi) is 2.69. The molecule has 2 fully saturated rings. The van der Waals surface area contributed by atoms with Crippen molar-refractivity contribution in [2.75, 3.05) is 0 Å². The zero-order valence-electron chi connectivity index (χ0n) is 13.2. The van der Waals surface area contributed by atoms with Gasteiger partial charge in [0.25, 0.3) is 5.91 Å². The predicted octanol–water partition coefficient (Wildman–Crippen LogP) is 1.42. The maximum Gasteiger partial charge on any atom is 0.274 e. The number of aromatic nitrogens is 5. The Bertz CT molecular complexity index is 773. The summed E-state index contributed by atoms with van der Waals surface area (Å²) < 4.78 is 2.17. The van der Waals surface area contributed by atoms with E-state index in [4.69, 9.17) is 0 Å². The fraction of sp³-hybridized carbons (Fsp3) is 0.625. The minimum atomic E-state index is 0.0667. The lowest BCUT2D eigenvalue weighted by molar-refractivity contribution is 0.0659. The van der Waals surface area contributed by atoms with Crippen LogP contribution >= 0.6 is 0 Å². The Morgan fingerprint density at radius 1 is 1.22 bits per heavy atom. The van der Waals surface area contributed by atoms with Crippen LogP contribution in [0, 0.1) is 6.92 Å². The Morgan fingerprint density at radius 3 is 2.87 bits per heavy atom. The summed E-state index contributed by atoms with van der Waals surface area (Å²) in [4.78, 5) is 15.1. The van der Waals surface area contributed by atoms with Gasteiger partial charge in [-0.05, 0) is 38.7 Å². The van der Waals surface area contributed by atoms with Crippen molar-refractivity contribution in [1.82, 2.24) is 29.9 Å². The monoisotopic (exact) mass is 312 g/mol. The second-order valence-corrected chi connectivity index (χ2v) is 7.06. The summed E-state index contributed by atoms with van der Waals surface area (Å²) in [5.41, 5.74) is 1.68. The van der Waals surface area contributed by atoms with Crippen LogP contribution in [-0.4, -0.2) is 47.9 Å². The van der Waals surface area contributed by atoms with E-state index in [1.807, 2.05) is 13.0 Å². The molecule has 23 heavy (non-hydrogen) atoms. The van der Waals surface area contributed by atoms with Crippen molar-refractivity contribution in [3.05, 3.63) is 29.1 Å². The van der Waals surface area contributed by atoms with E-state index in [2.05, 4.69) is 29.9 Å². The quantitative estimate of drug-likeness (QED) is 0.909. The van der Waals surface area contributed by atoms with Gasteiger partial charge in [0.05, 0.1) is 6.04 Å². The van der Waals surface area contributed by atoms with Crippen molar-refractivity contribution in [2.24, 2.45) is 0 Å². The number of H-pyrrole nitrogens is 1. The van der Waals surface area contributed by atoms with Crippen LogP contribution in [0.3, 0.4) is 0 Å². The standard InChI is InChI=1S/C16H20N6O/c1-9-17-20-15-6-11-4-5-12(8-21(9)15)22(11)16(23)14-7-13(18-19-14)10-2-3-10/h7,10-12H,2-6,8H2,1H3,(H,18,19). The summed E-state index contributed by atoms with van der Waals surface area (Å²) in [6.45, 7) is 2.79. The van der Waals surface area contributed by atoms with E-state index in [9.17, 15) is 4.79 Å². The highest BCUT2D eigenvalue weighted by molar-refractivity contribution is 5.93.